The average Bonchev–Trinajstić information content (AvgIpc) is 2.14. The molecule has 0 saturated heterocycles. The van der Waals surface area contributed by atoms with Crippen molar-refractivity contribution in [2.75, 3.05) is 5.73 Å². The zero-order chi connectivity index (χ0) is 7.72. The number of aromatic nitrogens is 1. The van der Waals surface area contributed by atoms with E-state index in [1.807, 2.05) is 20.8 Å². The van der Waals surface area contributed by atoms with Gasteiger partial charge in [0, 0.05) is 11.5 Å². The molecule has 1 rings (SSSR count). The van der Waals surface area contributed by atoms with Gasteiger partial charge in [-0.25, -0.2) is 0 Å². The molecule has 3 nitrogen and oxygen atoms in total. The van der Waals surface area contributed by atoms with Crippen LogP contribution in [-0.2, 0) is 0 Å². The summed E-state index contributed by atoms with van der Waals surface area (Å²) >= 11 is 0. The minimum Gasteiger partial charge on any atom is -0.381 e. The quantitative estimate of drug-likeness (QED) is 0.645. The molecule has 2 N–H and O–H groups in total. The number of nitrogens with two attached hydrogens (primary N) is 1. The first-order chi connectivity index (χ1) is 4.63. The summed E-state index contributed by atoms with van der Waals surface area (Å²) in [5, 5.41) is 3.64. The van der Waals surface area contributed by atoms with Crippen molar-refractivity contribution >= 4 is 5.82 Å². The highest BCUT2D eigenvalue weighted by atomic mass is 16.5. The molecule has 0 aliphatic heterocycles. The van der Waals surface area contributed by atoms with Crippen LogP contribution < -0.4 is 5.73 Å². The highest BCUT2D eigenvalue weighted by Crippen LogP contribution is 2.22. The zero-order valence-corrected chi connectivity index (χ0v) is 6.51. The van der Waals surface area contributed by atoms with Gasteiger partial charge in [-0.3, -0.25) is 0 Å². The fourth-order valence-electron chi connectivity index (χ4n) is 0.900. The van der Waals surface area contributed by atoms with Crippen LogP contribution in [-0.4, -0.2) is 5.16 Å². The number of rotatable bonds is 1. The van der Waals surface area contributed by atoms with Crippen LogP contribution in [0.15, 0.2) is 4.52 Å². The highest BCUT2D eigenvalue weighted by Gasteiger charge is 2.11. The van der Waals surface area contributed by atoms with Gasteiger partial charge in [-0.05, 0) is 6.92 Å². The Balaban J connectivity index is 3.05. The van der Waals surface area contributed by atoms with Gasteiger partial charge in [-0.15, -0.1) is 0 Å². The van der Waals surface area contributed by atoms with Crippen LogP contribution >= 0.6 is 0 Å². The Morgan fingerprint density at radius 2 is 2.10 bits per heavy atom. The predicted molar refractivity (Wildman–Crippen MR) is 39.7 cm³/mol. The minimum absolute atomic E-state index is 0.366. The zero-order valence-electron chi connectivity index (χ0n) is 6.51. The Morgan fingerprint density at radius 3 is 2.30 bits per heavy atom. The van der Waals surface area contributed by atoms with Crippen LogP contribution in [0.3, 0.4) is 0 Å². The van der Waals surface area contributed by atoms with E-state index < -0.39 is 0 Å². The number of nitrogen functional groups attached to an aromatic ring is 1. The van der Waals surface area contributed by atoms with Gasteiger partial charge < -0.3 is 10.3 Å². The van der Waals surface area contributed by atoms with Crippen LogP contribution in [0.5, 0.6) is 0 Å². The minimum atomic E-state index is 0.366. The second-order valence-corrected chi connectivity index (χ2v) is 2.71. The molecule has 10 heavy (non-hydrogen) atoms. The average molecular weight is 140 g/mol. The molecule has 1 heterocycles. The summed E-state index contributed by atoms with van der Waals surface area (Å²) in [7, 11) is 0. The smallest absolute Gasteiger partial charge is 0.170 e. The topological polar surface area (TPSA) is 52.0 Å². The molecule has 3 heteroatoms. The van der Waals surface area contributed by atoms with E-state index in [9.17, 15) is 0 Å². The maximum atomic E-state index is 5.47. The summed E-state index contributed by atoms with van der Waals surface area (Å²) in [4.78, 5) is 0. The second kappa shape index (κ2) is 2.33. The fourth-order valence-corrected chi connectivity index (χ4v) is 0.900. The number of hydrogen-bond donors (Lipinski definition) is 1. The second-order valence-electron chi connectivity index (χ2n) is 2.71. The van der Waals surface area contributed by atoms with E-state index in [0.29, 0.717) is 11.7 Å². The van der Waals surface area contributed by atoms with Gasteiger partial charge in [0.2, 0.25) is 0 Å². The van der Waals surface area contributed by atoms with Crippen molar-refractivity contribution in [3.05, 3.63) is 11.3 Å². The lowest BCUT2D eigenvalue weighted by Crippen LogP contribution is -1.89. The van der Waals surface area contributed by atoms with Crippen molar-refractivity contribution in [1.29, 1.82) is 0 Å². The van der Waals surface area contributed by atoms with Crippen molar-refractivity contribution in [3.63, 3.8) is 0 Å². The molecule has 0 amide bonds. The molecule has 0 aliphatic carbocycles. The molecule has 0 unspecified atom stereocenters. The van der Waals surface area contributed by atoms with E-state index in [1.165, 1.54) is 0 Å². The third-order valence-corrected chi connectivity index (χ3v) is 1.52. The van der Waals surface area contributed by atoms with E-state index in [2.05, 4.69) is 5.16 Å². The van der Waals surface area contributed by atoms with Crippen molar-refractivity contribution in [1.82, 2.24) is 5.16 Å². The summed E-state index contributed by atoms with van der Waals surface area (Å²) in [6, 6.07) is 0. The Kier molecular flexibility index (Phi) is 1.66. The van der Waals surface area contributed by atoms with Gasteiger partial charge in [0.15, 0.2) is 5.82 Å². The summed E-state index contributed by atoms with van der Waals surface area (Å²) in [6.07, 6.45) is 0. The molecule has 0 radical (unpaired) electrons. The molecular weight excluding hydrogens is 128 g/mol. The van der Waals surface area contributed by atoms with Crippen LogP contribution in [0, 0.1) is 6.92 Å². The maximum absolute atomic E-state index is 5.47. The van der Waals surface area contributed by atoms with Gasteiger partial charge in [0.25, 0.3) is 0 Å². The van der Waals surface area contributed by atoms with Gasteiger partial charge in [0.05, 0.1) is 0 Å². The van der Waals surface area contributed by atoms with Crippen molar-refractivity contribution in [2.24, 2.45) is 0 Å². The van der Waals surface area contributed by atoms with Gasteiger partial charge in [-0.2, -0.15) is 0 Å². The first-order valence-corrected chi connectivity index (χ1v) is 3.34. The third-order valence-electron chi connectivity index (χ3n) is 1.52. The lowest BCUT2D eigenvalue weighted by Gasteiger charge is -1.97. The van der Waals surface area contributed by atoms with E-state index in [4.69, 9.17) is 10.3 Å². The molecule has 0 aliphatic rings. The maximum Gasteiger partial charge on any atom is 0.170 e. The monoisotopic (exact) mass is 140 g/mol. The van der Waals surface area contributed by atoms with Crippen LogP contribution in [0.25, 0.3) is 0 Å². The summed E-state index contributed by atoms with van der Waals surface area (Å²) in [6.45, 7) is 6.01. The van der Waals surface area contributed by atoms with E-state index in [0.717, 1.165) is 11.3 Å². The first-order valence-electron chi connectivity index (χ1n) is 3.34. The Hall–Kier alpha value is -0.990. The molecule has 56 valence electrons. The lowest BCUT2D eigenvalue weighted by molar-refractivity contribution is 0.372. The van der Waals surface area contributed by atoms with E-state index >= 15 is 0 Å². The number of nitrogens with zero attached hydrogens (tertiary/aromatic N) is 1. The van der Waals surface area contributed by atoms with Gasteiger partial charge >= 0.3 is 0 Å². The van der Waals surface area contributed by atoms with Crippen molar-refractivity contribution in [3.8, 4) is 0 Å². The molecular formula is C7H12N2O. The first kappa shape index (κ1) is 7.12. The summed E-state index contributed by atoms with van der Waals surface area (Å²) in [5.74, 6) is 1.76. The molecule has 0 bridgehead atoms. The molecule has 0 aromatic carbocycles. The number of anilines is 1. The van der Waals surface area contributed by atoms with E-state index in [1.54, 1.807) is 0 Å². The molecule has 0 saturated carbocycles. The van der Waals surface area contributed by atoms with E-state index in [-0.39, 0.29) is 0 Å². The van der Waals surface area contributed by atoms with Crippen LogP contribution in [0.2, 0.25) is 0 Å². The largest absolute Gasteiger partial charge is 0.381 e. The third kappa shape index (κ3) is 0.988. The Morgan fingerprint density at radius 1 is 1.50 bits per heavy atom. The molecule has 1 aromatic rings. The molecule has 0 fully saturated rings. The van der Waals surface area contributed by atoms with Crippen molar-refractivity contribution < 1.29 is 4.52 Å². The van der Waals surface area contributed by atoms with Gasteiger partial charge in [0.1, 0.15) is 5.76 Å². The standard InChI is InChI=1S/C7H12N2O/c1-4(2)6-5(3)7(8)9-10-6/h4H,1-3H3,(H2,8,9). The van der Waals surface area contributed by atoms with Crippen molar-refractivity contribution in [2.45, 2.75) is 26.7 Å². The predicted octanol–water partition coefficient (Wildman–Crippen LogP) is 1.69. The fraction of sp³-hybridized carbons (Fsp3) is 0.571. The number of hydrogen-bond acceptors (Lipinski definition) is 3. The van der Waals surface area contributed by atoms with Crippen LogP contribution in [0.4, 0.5) is 5.82 Å². The Bertz CT molecular complexity index is 228. The summed E-state index contributed by atoms with van der Waals surface area (Å²) in [5.41, 5.74) is 6.44. The normalized spacial score (nSPS) is 10.8. The Labute approximate surface area is 60.2 Å². The molecule has 0 atom stereocenters. The molecule has 1 aromatic heterocycles. The summed E-state index contributed by atoms with van der Waals surface area (Å²) < 4.78 is 4.98. The lowest BCUT2D eigenvalue weighted by atomic mass is 10.1. The molecule has 0 spiro atoms. The SMILES string of the molecule is Cc1c(N)noc1C(C)C. The van der Waals surface area contributed by atoms with Gasteiger partial charge in [-0.1, -0.05) is 19.0 Å². The highest BCUT2D eigenvalue weighted by molar-refractivity contribution is 5.39. The van der Waals surface area contributed by atoms with Crippen LogP contribution in [0.1, 0.15) is 31.1 Å².